The molecule has 1 unspecified atom stereocenters. The number of nitrogens with zero attached hydrogens (tertiary/aromatic N) is 1. The number of nitrogens with one attached hydrogen (secondary N) is 2. The van der Waals surface area contributed by atoms with Gasteiger partial charge in [0.25, 0.3) is 5.91 Å². The Morgan fingerprint density at radius 1 is 1.71 bits per heavy atom. The third-order valence-electron chi connectivity index (χ3n) is 3.18. The number of amides is 1. The molecule has 1 aliphatic rings. The first kappa shape index (κ1) is 12.6. The Bertz CT molecular complexity index is 391. The van der Waals surface area contributed by atoms with Gasteiger partial charge in [0.15, 0.2) is 0 Å². The number of H-pyrrole nitrogens is 1. The number of carbonyl (C=O) groups is 1. The van der Waals surface area contributed by atoms with Gasteiger partial charge in [-0.05, 0) is 47.9 Å². The molecule has 94 valence electrons. The Morgan fingerprint density at radius 2 is 2.53 bits per heavy atom. The van der Waals surface area contributed by atoms with Crippen LogP contribution in [0, 0.1) is 0 Å². The number of hydrogen-bond donors (Lipinski definition) is 2. The molecule has 2 heterocycles. The van der Waals surface area contributed by atoms with E-state index in [0.29, 0.717) is 5.69 Å². The lowest BCUT2D eigenvalue weighted by molar-refractivity contribution is 0.0901. The van der Waals surface area contributed by atoms with Crippen molar-refractivity contribution in [2.75, 3.05) is 19.6 Å². The zero-order chi connectivity index (χ0) is 12.3. The average Bonchev–Trinajstić information content (AvgIpc) is 2.76. The molecule has 1 aromatic rings. The molecule has 2 N–H and O–H groups in total. The summed E-state index contributed by atoms with van der Waals surface area (Å²) in [5, 5.41) is 3.08. The highest BCUT2D eigenvalue weighted by atomic mass is 79.9. The summed E-state index contributed by atoms with van der Waals surface area (Å²) in [6.07, 6.45) is 4.01. The minimum absolute atomic E-state index is 0.0151. The molecule has 0 saturated carbocycles. The highest BCUT2D eigenvalue weighted by molar-refractivity contribution is 9.10. The SMILES string of the molecule is CCN1CCCC(NC(=O)c2cc(Br)c[nH]2)C1. The molecular weight excluding hydrogens is 282 g/mol. The highest BCUT2D eigenvalue weighted by Gasteiger charge is 2.21. The molecule has 17 heavy (non-hydrogen) atoms. The fourth-order valence-corrected chi connectivity index (χ4v) is 2.57. The van der Waals surface area contributed by atoms with Gasteiger partial charge < -0.3 is 15.2 Å². The van der Waals surface area contributed by atoms with Crippen LogP contribution in [0.1, 0.15) is 30.3 Å². The standard InChI is InChI=1S/C12H18BrN3O/c1-2-16-5-3-4-10(8-16)15-12(17)11-6-9(13)7-14-11/h6-7,10,14H,2-5,8H2,1H3,(H,15,17). The molecular formula is C12H18BrN3O. The van der Waals surface area contributed by atoms with Crippen LogP contribution in [0.4, 0.5) is 0 Å². The molecule has 4 nitrogen and oxygen atoms in total. The predicted octanol–water partition coefficient (Wildman–Crippen LogP) is 1.99. The van der Waals surface area contributed by atoms with Gasteiger partial charge in [-0.2, -0.15) is 0 Å². The van der Waals surface area contributed by atoms with E-state index in [2.05, 4.69) is 38.1 Å². The second-order valence-electron chi connectivity index (χ2n) is 4.44. The number of hydrogen-bond acceptors (Lipinski definition) is 2. The third kappa shape index (κ3) is 3.33. The van der Waals surface area contributed by atoms with Crippen LogP contribution in [0.5, 0.6) is 0 Å². The number of likely N-dealkylation sites (tertiary alicyclic amines) is 1. The molecule has 0 radical (unpaired) electrons. The zero-order valence-corrected chi connectivity index (χ0v) is 11.6. The third-order valence-corrected chi connectivity index (χ3v) is 3.64. The van der Waals surface area contributed by atoms with E-state index < -0.39 is 0 Å². The molecule has 5 heteroatoms. The Kier molecular flexibility index (Phi) is 4.23. The normalized spacial score (nSPS) is 21.4. The lowest BCUT2D eigenvalue weighted by Gasteiger charge is -2.32. The van der Waals surface area contributed by atoms with Crippen molar-refractivity contribution >= 4 is 21.8 Å². The van der Waals surface area contributed by atoms with Gasteiger partial charge in [0, 0.05) is 23.3 Å². The molecule has 1 atom stereocenters. The predicted molar refractivity (Wildman–Crippen MR) is 71.1 cm³/mol. The Balaban J connectivity index is 1.90. The Labute approximate surface area is 110 Å². The summed E-state index contributed by atoms with van der Waals surface area (Å²) < 4.78 is 0.904. The maximum atomic E-state index is 11.9. The second-order valence-corrected chi connectivity index (χ2v) is 5.35. The molecule has 0 spiro atoms. The fraction of sp³-hybridized carbons (Fsp3) is 0.583. The maximum absolute atomic E-state index is 11.9. The fourth-order valence-electron chi connectivity index (χ4n) is 2.22. The first-order chi connectivity index (χ1) is 8.19. The van der Waals surface area contributed by atoms with Gasteiger partial charge in [-0.3, -0.25) is 4.79 Å². The summed E-state index contributed by atoms with van der Waals surface area (Å²) >= 11 is 3.33. The summed E-state index contributed by atoms with van der Waals surface area (Å²) in [6.45, 7) is 5.33. The maximum Gasteiger partial charge on any atom is 0.267 e. The lowest BCUT2D eigenvalue weighted by Crippen LogP contribution is -2.47. The van der Waals surface area contributed by atoms with Gasteiger partial charge in [-0.15, -0.1) is 0 Å². The number of aromatic nitrogens is 1. The van der Waals surface area contributed by atoms with Gasteiger partial charge in [0.2, 0.25) is 0 Å². The number of carbonyl (C=O) groups excluding carboxylic acids is 1. The Morgan fingerprint density at radius 3 is 3.18 bits per heavy atom. The van der Waals surface area contributed by atoms with Crippen LogP contribution in [0.25, 0.3) is 0 Å². The van der Waals surface area contributed by atoms with E-state index in [4.69, 9.17) is 0 Å². The molecule has 1 saturated heterocycles. The van der Waals surface area contributed by atoms with Gasteiger partial charge in [0.1, 0.15) is 5.69 Å². The smallest absolute Gasteiger partial charge is 0.267 e. The minimum atomic E-state index is -0.0151. The summed E-state index contributed by atoms with van der Waals surface area (Å²) in [4.78, 5) is 17.3. The molecule has 1 fully saturated rings. The number of piperidine rings is 1. The van der Waals surface area contributed by atoms with E-state index >= 15 is 0 Å². The second kappa shape index (κ2) is 5.69. The van der Waals surface area contributed by atoms with Crippen molar-refractivity contribution in [3.05, 3.63) is 22.4 Å². The van der Waals surface area contributed by atoms with Crippen LogP contribution in [0.2, 0.25) is 0 Å². The first-order valence-corrected chi connectivity index (χ1v) is 6.85. The molecule has 2 rings (SSSR count). The summed E-state index contributed by atoms with van der Waals surface area (Å²) in [7, 11) is 0. The van der Waals surface area contributed by atoms with E-state index in [-0.39, 0.29) is 11.9 Å². The van der Waals surface area contributed by atoms with Crippen molar-refractivity contribution in [3.63, 3.8) is 0 Å². The molecule has 1 aromatic heterocycles. The van der Waals surface area contributed by atoms with Crippen molar-refractivity contribution in [3.8, 4) is 0 Å². The average molecular weight is 300 g/mol. The minimum Gasteiger partial charge on any atom is -0.356 e. The van der Waals surface area contributed by atoms with E-state index in [1.807, 2.05) is 0 Å². The van der Waals surface area contributed by atoms with Crippen molar-refractivity contribution in [2.24, 2.45) is 0 Å². The van der Waals surface area contributed by atoms with Crippen molar-refractivity contribution < 1.29 is 4.79 Å². The van der Waals surface area contributed by atoms with Crippen molar-refractivity contribution in [1.29, 1.82) is 0 Å². The van der Waals surface area contributed by atoms with E-state index in [9.17, 15) is 4.79 Å². The summed E-state index contributed by atoms with van der Waals surface area (Å²) in [5.41, 5.74) is 0.616. The van der Waals surface area contributed by atoms with Gasteiger partial charge >= 0.3 is 0 Å². The summed E-state index contributed by atoms with van der Waals surface area (Å²) in [5.74, 6) is -0.0151. The van der Waals surface area contributed by atoms with Crippen LogP contribution >= 0.6 is 15.9 Å². The van der Waals surface area contributed by atoms with Gasteiger partial charge in [0.05, 0.1) is 0 Å². The number of rotatable bonds is 3. The highest BCUT2D eigenvalue weighted by Crippen LogP contribution is 2.13. The number of halogens is 1. The molecule has 1 amide bonds. The monoisotopic (exact) mass is 299 g/mol. The topological polar surface area (TPSA) is 48.1 Å². The summed E-state index contributed by atoms with van der Waals surface area (Å²) in [6, 6.07) is 2.08. The van der Waals surface area contributed by atoms with E-state index in [0.717, 1.165) is 36.9 Å². The first-order valence-electron chi connectivity index (χ1n) is 6.06. The van der Waals surface area contributed by atoms with Crippen molar-refractivity contribution in [1.82, 2.24) is 15.2 Å². The van der Waals surface area contributed by atoms with Crippen LogP contribution in [0.3, 0.4) is 0 Å². The number of aromatic amines is 1. The zero-order valence-electron chi connectivity index (χ0n) is 10.0. The quantitative estimate of drug-likeness (QED) is 0.897. The van der Waals surface area contributed by atoms with E-state index in [1.54, 1.807) is 12.3 Å². The van der Waals surface area contributed by atoms with Crippen molar-refractivity contribution in [2.45, 2.75) is 25.8 Å². The van der Waals surface area contributed by atoms with Crippen LogP contribution in [-0.2, 0) is 0 Å². The van der Waals surface area contributed by atoms with E-state index in [1.165, 1.54) is 0 Å². The van der Waals surface area contributed by atoms with Crippen LogP contribution in [-0.4, -0.2) is 41.5 Å². The number of likely N-dealkylation sites (N-methyl/N-ethyl adjacent to an activating group) is 1. The molecule has 0 bridgehead atoms. The van der Waals surface area contributed by atoms with Gasteiger partial charge in [-0.25, -0.2) is 0 Å². The van der Waals surface area contributed by atoms with Gasteiger partial charge in [-0.1, -0.05) is 6.92 Å². The largest absolute Gasteiger partial charge is 0.356 e. The molecule has 1 aliphatic heterocycles. The molecule has 0 aliphatic carbocycles. The van der Waals surface area contributed by atoms with Crippen LogP contribution in [0.15, 0.2) is 16.7 Å². The van der Waals surface area contributed by atoms with Crippen LogP contribution < -0.4 is 5.32 Å². The Hall–Kier alpha value is -0.810. The lowest BCUT2D eigenvalue weighted by atomic mass is 10.1. The molecule has 0 aromatic carbocycles.